The van der Waals surface area contributed by atoms with Gasteiger partial charge in [-0.3, -0.25) is 0 Å². The molecule has 2 aromatic rings. The number of ether oxygens (including phenoxy) is 2. The summed E-state index contributed by atoms with van der Waals surface area (Å²) in [6.07, 6.45) is 2.89. The van der Waals surface area contributed by atoms with Gasteiger partial charge in [-0.05, 0) is 35.9 Å². The lowest BCUT2D eigenvalue weighted by Gasteiger charge is -2.27. The molecule has 0 aliphatic carbocycles. The first kappa shape index (κ1) is 12.7. The average Bonchev–Trinajstić information content (AvgIpc) is 3.09. The molecule has 1 N–H and O–H groups in total. The van der Waals surface area contributed by atoms with Crippen LogP contribution >= 0.6 is 0 Å². The Hall–Kier alpha value is -2.01. The van der Waals surface area contributed by atoms with Gasteiger partial charge in [0.1, 0.15) is 5.82 Å². The van der Waals surface area contributed by atoms with E-state index in [1.807, 2.05) is 24.4 Å². The van der Waals surface area contributed by atoms with Crippen molar-refractivity contribution in [3.63, 3.8) is 0 Å². The molecular formula is C16H18N2O3. The van der Waals surface area contributed by atoms with E-state index in [-0.39, 0.29) is 19.4 Å². The van der Waals surface area contributed by atoms with Crippen molar-refractivity contribution in [2.45, 2.75) is 19.4 Å². The lowest BCUT2D eigenvalue weighted by Crippen LogP contribution is -2.35. The van der Waals surface area contributed by atoms with E-state index in [1.165, 1.54) is 0 Å². The van der Waals surface area contributed by atoms with Gasteiger partial charge in [-0.2, -0.15) is 0 Å². The number of fused-ring (bicyclic) bond motifs is 2. The van der Waals surface area contributed by atoms with E-state index in [4.69, 9.17) is 9.47 Å². The standard InChI is InChI=1S/C16H18N2O3/c1-10-3-5-18(13(10)8-19)16-12-7-15-14(20-9-21-15)6-11(12)2-4-17-16/h2,4,6-7,10,13,19H,3,5,8-9H2,1H3. The molecule has 0 radical (unpaired) electrons. The molecule has 110 valence electrons. The number of hydrogen-bond donors (Lipinski definition) is 1. The third-order valence-corrected chi connectivity index (χ3v) is 4.58. The van der Waals surface area contributed by atoms with Crippen molar-refractivity contribution in [2.24, 2.45) is 5.92 Å². The maximum atomic E-state index is 9.68. The molecule has 4 rings (SSSR count). The number of anilines is 1. The molecule has 21 heavy (non-hydrogen) atoms. The molecule has 0 saturated carbocycles. The Kier molecular flexibility index (Phi) is 2.89. The quantitative estimate of drug-likeness (QED) is 0.917. The Bertz CT molecular complexity index is 689. The van der Waals surface area contributed by atoms with Crippen LogP contribution in [-0.4, -0.2) is 36.1 Å². The largest absolute Gasteiger partial charge is 0.454 e. The van der Waals surface area contributed by atoms with Gasteiger partial charge in [0, 0.05) is 18.1 Å². The lowest BCUT2D eigenvalue weighted by molar-refractivity contribution is 0.174. The minimum atomic E-state index is 0.133. The predicted octanol–water partition coefficient (Wildman–Crippen LogP) is 2.17. The Morgan fingerprint density at radius 3 is 2.95 bits per heavy atom. The third kappa shape index (κ3) is 1.92. The van der Waals surface area contributed by atoms with E-state index in [0.29, 0.717) is 5.92 Å². The van der Waals surface area contributed by atoms with Crippen LogP contribution in [0.2, 0.25) is 0 Å². The number of pyridine rings is 1. The van der Waals surface area contributed by atoms with Crippen LogP contribution in [0.25, 0.3) is 10.8 Å². The van der Waals surface area contributed by atoms with Gasteiger partial charge in [-0.15, -0.1) is 0 Å². The highest BCUT2D eigenvalue weighted by Gasteiger charge is 2.32. The fraction of sp³-hybridized carbons (Fsp3) is 0.438. The Balaban J connectivity index is 1.85. The minimum Gasteiger partial charge on any atom is -0.454 e. The zero-order valence-electron chi connectivity index (χ0n) is 12.0. The first-order valence-electron chi connectivity index (χ1n) is 7.34. The number of aliphatic hydroxyl groups excluding tert-OH is 1. The highest BCUT2D eigenvalue weighted by atomic mass is 16.7. The molecule has 5 heteroatoms. The molecule has 2 atom stereocenters. The molecule has 2 unspecified atom stereocenters. The number of rotatable bonds is 2. The van der Waals surface area contributed by atoms with Crippen LogP contribution in [0.5, 0.6) is 11.5 Å². The summed E-state index contributed by atoms with van der Waals surface area (Å²) in [6, 6.07) is 6.11. The summed E-state index contributed by atoms with van der Waals surface area (Å²) in [4.78, 5) is 6.78. The van der Waals surface area contributed by atoms with E-state index in [0.717, 1.165) is 41.1 Å². The van der Waals surface area contributed by atoms with E-state index in [9.17, 15) is 5.11 Å². The van der Waals surface area contributed by atoms with Crippen molar-refractivity contribution in [1.82, 2.24) is 4.98 Å². The van der Waals surface area contributed by atoms with E-state index >= 15 is 0 Å². The van der Waals surface area contributed by atoms with E-state index in [2.05, 4.69) is 16.8 Å². The van der Waals surface area contributed by atoms with Crippen molar-refractivity contribution in [3.8, 4) is 11.5 Å². The molecule has 1 saturated heterocycles. The Labute approximate surface area is 123 Å². The molecular weight excluding hydrogens is 268 g/mol. The van der Waals surface area contributed by atoms with Crippen molar-refractivity contribution in [1.29, 1.82) is 0 Å². The van der Waals surface area contributed by atoms with Gasteiger partial charge < -0.3 is 19.5 Å². The number of aliphatic hydroxyl groups is 1. The monoisotopic (exact) mass is 286 g/mol. The van der Waals surface area contributed by atoms with E-state index < -0.39 is 0 Å². The fourth-order valence-electron chi connectivity index (χ4n) is 3.33. The SMILES string of the molecule is CC1CCN(c2nccc3cc4c(cc23)OCO4)C1CO. The molecule has 2 aliphatic heterocycles. The second kappa shape index (κ2) is 4.77. The van der Waals surface area contributed by atoms with Crippen LogP contribution in [0.1, 0.15) is 13.3 Å². The van der Waals surface area contributed by atoms with Crippen LogP contribution in [-0.2, 0) is 0 Å². The number of aromatic nitrogens is 1. The summed E-state index contributed by atoms with van der Waals surface area (Å²) in [7, 11) is 0. The molecule has 1 fully saturated rings. The molecule has 0 spiro atoms. The summed E-state index contributed by atoms with van der Waals surface area (Å²) in [5.41, 5.74) is 0. The summed E-state index contributed by atoms with van der Waals surface area (Å²) >= 11 is 0. The van der Waals surface area contributed by atoms with Gasteiger partial charge in [0.05, 0.1) is 12.6 Å². The fourth-order valence-corrected chi connectivity index (χ4v) is 3.33. The molecule has 2 aliphatic rings. The van der Waals surface area contributed by atoms with Gasteiger partial charge >= 0.3 is 0 Å². The number of nitrogens with zero attached hydrogens (tertiary/aromatic N) is 2. The normalized spacial score (nSPS) is 24.0. The highest BCUT2D eigenvalue weighted by molar-refractivity contribution is 5.95. The van der Waals surface area contributed by atoms with Crippen LogP contribution in [0.15, 0.2) is 24.4 Å². The number of hydrogen-bond acceptors (Lipinski definition) is 5. The van der Waals surface area contributed by atoms with Gasteiger partial charge in [-0.1, -0.05) is 6.92 Å². The first-order chi connectivity index (χ1) is 10.3. The van der Waals surface area contributed by atoms with Gasteiger partial charge in [0.25, 0.3) is 0 Å². The van der Waals surface area contributed by atoms with Crippen molar-refractivity contribution < 1.29 is 14.6 Å². The predicted molar refractivity (Wildman–Crippen MR) is 79.9 cm³/mol. The summed E-state index contributed by atoms with van der Waals surface area (Å²) < 4.78 is 10.9. The van der Waals surface area contributed by atoms with Crippen LogP contribution in [0, 0.1) is 5.92 Å². The first-order valence-corrected chi connectivity index (χ1v) is 7.34. The van der Waals surface area contributed by atoms with Crippen molar-refractivity contribution in [3.05, 3.63) is 24.4 Å². The zero-order chi connectivity index (χ0) is 14.4. The average molecular weight is 286 g/mol. The molecule has 1 aromatic heterocycles. The molecule has 5 nitrogen and oxygen atoms in total. The van der Waals surface area contributed by atoms with Gasteiger partial charge in [-0.25, -0.2) is 4.98 Å². The Morgan fingerprint density at radius 2 is 2.14 bits per heavy atom. The Morgan fingerprint density at radius 1 is 1.33 bits per heavy atom. The van der Waals surface area contributed by atoms with Crippen molar-refractivity contribution >= 4 is 16.6 Å². The topological polar surface area (TPSA) is 54.8 Å². The lowest BCUT2D eigenvalue weighted by atomic mass is 10.0. The smallest absolute Gasteiger partial charge is 0.231 e. The second-order valence-corrected chi connectivity index (χ2v) is 5.77. The van der Waals surface area contributed by atoms with Gasteiger partial charge in [0.15, 0.2) is 11.5 Å². The highest BCUT2D eigenvalue weighted by Crippen LogP contribution is 2.40. The van der Waals surface area contributed by atoms with Crippen LogP contribution in [0.4, 0.5) is 5.82 Å². The molecule has 0 bridgehead atoms. The van der Waals surface area contributed by atoms with Crippen LogP contribution < -0.4 is 14.4 Å². The van der Waals surface area contributed by atoms with Crippen LogP contribution in [0.3, 0.4) is 0 Å². The third-order valence-electron chi connectivity index (χ3n) is 4.58. The molecule has 1 aromatic carbocycles. The minimum absolute atomic E-state index is 0.133. The molecule has 3 heterocycles. The van der Waals surface area contributed by atoms with Crippen molar-refractivity contribution in [2.75, 3.05) is 24.8 Å². The summed E-state index contributed by atoms with van der Waals surface area (Å²) in [5.74, 6) is 2.95. The number of benzene rings is 1. The maximum Gasteiger partial charge on any atom is 0.231 e. The summed E-state index contributed by atoms with van der Waals surface area (Å²) in [6.45, 7) is 3.53. The molecule has 0 amide bonds. The maximum absolute atomic E-state index is 9.68. The van der Waals surface area contributed by atoms with Gasteiger partial charge in [0.2, 0.25) is 6.79 Å². The zero-order valence-corrected chi connectivity index (χ0v) is 12.0. The van der Waals surface area contributed by atoms with E-state index in [1.54, 1.807) is 0 Å². The summed E-state index contributed by atoms with van der Waals surface area (Å²) in [5, 5.41) is 11.8. The second-order valence-electron chi connectivity index (χ2n) is 5.77.